The second-order valence-electron chi connectivity index (χ2n) is 4.48. The van der Waals surface area contributed by atoms with Gasteiger partial charge in [-0.1, -0.05) is 28.1 Å². The zero-order valence-electron chi connectivity index (χ0n) is 11.5. The second kappa shape index (κ2) is 6.58. The number of hydrogen-bond donors (Lipinski definition) is 1. The minimum absolute atomic E-state index is 0.287. The summed E-state index contributed by atoms with van der Waals surface area (Å²) in [6.07, 6.45) is -4.71. The van der Waals surface area contributed by atoms with Gasteiger partial charge in [-0.25, -0.2) is 0 Å². The molecule has 0 amide bonds. The van der Waals surface area contributed by atoms with E-state index in [1.54, 1.807) is 6.07 Å². The molecule has 0 aromatic heterocycles. The summed E-state index contributed by atoms with van der Waals surface area (Å²) < 4.78 is 46.3. The summed E-state index contributed by atoms with van der Waals surface area (Å²) in [6.45, 7) is 0. The molecule has 0 bridgehead atoms. The maximum Gasteiger partial charge on any atom is 0.573 e. The first kappa shape index (κ1) is 16.6. The quantitative estimate of drug-likeness (QED) is 0.860. The van der Waals surface area contributed by atoms with Crippen LogP contribution in [0, 0.1) is 0 Å². The van der Waals surface area contributed by atoms with E-state index < -0.39 is 12.4 Å². The fraction of sp³-hybridized carbons (Fsp3) is 0.200. The monoisotopic (exact) mass is 375 g/mol. The molecule has 0 aliphatic heterocycles. The Kier molecular flexibility index (Phi) is 4.97. The van der Waals surface area contributed by atoms with Crippen LogP contribution in [0.4, 0.5) is 13.2 Å². The Morgan fingerprint density at radius 3 is 2.27 bits per heavy atom. The van der Waals surface area contributed by atoms with Gasteiger partial charge in [0.25, 0.3) is 0 Å². The lowest BCUT2D eigenvalue weighted by atomic mass is 9.99. The number of benzene rings is 2. The molecule has 0 aliphatic carbocycles. The van der Waals surface area contributed by atoms with Crippen molar-refractivity contribution in [2.45, 2.75) is 12.4 Å². The van der Waals surface area contributed by atoms with Gasteiger partial charge in [-0.3, -0.25) is 0 Å². The zero-order chi connectivity index (χ0) is 16.3. The van der Waals surface area contributed by atoms with Crippen molar-refractivity contribution in [3.05, 3.63) is 58.1 Å². The molecule has 2 rings (SSSR count). The van der Waals surface area contributed by atoms with Crippen molar-refractivity contribution >= 4 is 15.9 Å². The molecule has 3 nitrogen and oxygen atoms in total. The van der Waals surface area contributed by atoms with Crippen LogP contribution in [0.1, 0.15) is 17.2 Å². The van der Waals surface area contributed by atoms with Crippen LogP contribution in [-0.4, -0.2) is 13.5 Å². The molecule has 0 radical (unpaired) electrons. The maximum absolute atomic E-state index is 12.1. The van der Waals surface area contributed by atoms with E-state index in [0.29, 0.717) is 11.3 Å². The van der Waals surface area contributed by atoms with Gasteiger partial charge in [0.15, 0.2) is 0 Å². The van der Waals surface area contributed by atoms with E-state index in [9.17, 15) is 13.2 Å². The van der Waals surface area contributed by atoms with E-state index in [-0.39, 0.29) is 5.75 Å². The third-order valence-electron chi connectivity index (χ3n) is 3.00. The Morgan fingerprint density at radius 2 is 1.73 bits per heavy atom. The summed E-state index contributed by atoms with van der Waals surface area (Å²) in [7, 11) is 1.53. The van der Waals surface area contributed by atoms with Gasteiger partial charge in [-0.15, -0.1) is 13.2 Å². The second-order valence-corrected chi connectivity index (χ2v) is 5.40. The molecule has 0 saturated heterocycles. The molecular formula is C15H13BrF3NO2. The Balaban J connectivity index is 2.26. The highest BCUT2D eigenvalue weighted by atomic mass is 79.9. The van der Waals surface area contributed by atoms with Crippen molar-refractivity contribution in [3.8, 4) is 11.5 Å². The first-order valence-electron chi connectivity index (χ1n) is 6.25. The van der Waals surface area contributed by atoms with Crippen LogP contribution in [0.25, 0.3) is 0 Å². The molecular weight excluding hydrogens is 363 g/mol. The lowest BCUT2D eigenvalue weighted by molar-refractivity contribution is -0.274. The summed E-state index contributed by atoms with van der Waals surface area (Å²) in [5, 5.41) is 0. The minimum atomic E-state index is -4.71. The molecule has 7 heteroatoms. The van der Waals surface area contributed by atoms with Gasteiger partial charge in [0.2, 0.25) is 0 Å². The van der Waals surface area contributed by atoms with E-state index in [1.165, 1.54) is 31.4 Å². The molecule has 2 N–H and O–H groups in total. The molecule has 22 heavy (non-hydrogen) atoms. The van der Waals surface area contributed by atoms with E-state index in [2.05, 4.69) is 20.7 Å². The Hall–Kier alpha value is -1.73. The van der Waals surface area contributed by atoms with E-state index in [0.717, 1.165) is 10.0 Å². The minimum Gasteiger partial charge on any atom is -0.496 e. The summed E-state index contributed by atoms with van der Waals surface area (Å²) in [5.74, 6) is 0.316. The average molecular weight is 376 g/mol. The predicted octanol–water partition coefficient (Wildman–Crippen LogP) is 4.40. The highest BCUT2D eigenvalue weighted by molar-refractivity contribution is 9.10. The van der Waals surface area contributed by atoms with Crippen molar-refractivity contribution in [2.24, 2.45) is 5.73 Å². The fourth-order valence-electron chi connectivity index (χ4n) is 2.00. The highest BCUT2D eigenvalue weighted by Crippen LogP contribution is 2.32. The van der Waals surface area contributed by atoms with Crippen molar-refractivity contribution in [1.29, 1.82) is 0 Å². The van der Waals surface area contributed by atoms with Crippen LogP contribution in [0.2, 0.25) is 0 Å². The fourth-order valence-corrected chi connectivity index (χ4v) is 2.38. The molecule has 0 saturated carbocycles. The van der Waals surface area contributed by atoms with Gasteiger partial charge in [-0.2, -0.15) is 0 Å². The van der Waals surface area contributed by atoms with Gasteiger partial charge < -0.3 is 15.2 Å². The Bertz CT molecular complexity index is 644. The third-order valence-corrected chi connectivity index (χ3v) is 3.49. The summed E-state index contributed by atoms with van der Waals surface area (Å²) in [4.78, 5) is 0. The Morgan fingerprint density at radius 1 is 1.09 bits per heavy atom. The smallest absolute Gasteiger partial charge is 0.496 e. The van der Waals surface area contributed by atoms with Gasteiger partial charge in [0.1, 0.15) is 11.5 Å². The number of rotatable bonds is 4. The number of halogens is 4. The molecule has 118 valence electrons. The van der Waals surface area contributed by atoms with Crippen LogP contribution in [0.3, 0.4) is 0 Å². The third kappa shape index (κ3) is 4.14. The highest BCUT2D eigenvalue weighted by Gasteiger charge is 2.31. The molecule has 2 aromatic carbocycles. The van der Waals surface area contributed by atoms with Crippen LogP contribution < -0.4 is 15.2 Å². The number of ether oxygens (including phenoxy) is 2. The van der Waals surface area contributed by atoms with Gasteiger partial charge in [0, 0.05) is 10.0 Å². The summed E-state index contributed by atoms with van der Waals surface area (Å²) in [5.41, 5.74) is 7.54. The largest absolute Gasteiger partial charge is 0.573 e. The molecule has 0 unspecified atom stereocenters. The first-order valence-corrected chi connectivity index (χ1v) is 7.04. The van der Waals surface area contributed by atoms with Gasteiger partial charge in [-0.05, 0) is 35.9 Å². The first-order chi connectivity index (χ1) is 10.3. The zero-order valence-corrected chi connectivity index (χ0v) is 13.1. The van der Waals surface area contributed by atoms with E-state index >= 15 is 0 Å². The topological polar surface area (TPSA) is 44.5 Å². The summed E-state index contributed by atoms with van der Waals surface area (Å²) >= 11 is 3.35. The molecule has 2 aromatic rings. The SMILES string of the molecule is COc1ccc(Br)cc1[C@@H](N)c1ccc(OC(F)(F)F)cc1. The van der Waals surface area contributed by atoms with Crippen molar-refractivity contribution < 1.29 is 22.6 Å². The lowest BCUT2D eigenvalue weighted by Gasteiger charge is -2.17. The normalized spacial score (nSPS) is 12.8. The number of methoxy groups -OCH3 is 1. The number of alkyl halides is 3. The van der Waals surface area contributed by atoms with Crippen molar-refractivity contribution in [1.82, 2.24) is 0 Å². The van der Waals surface area contributed by atoms with Crippen molar-refractivity contribution in [2.75, 3.05) is 7.11 Å². The van der Waals surface area contributed by atoms with Crippen LogP contribution >= 0.6 is 15.9 Å². The van der Waals surface area contributed by atoms with Crippen molar-refractivity contribution in [3.63, 3.8) is 0 Å². The van der Waals surface area contributed by atoms with Crippen LogP contribution in [-0.2, 0) is 0 Å². The maximum atomic E-state index is 12.1. The van der Waals surface area contributed by atoms with Gasteiger partial charge >= 0.3 is 6.36 Å². The molecule has 0 spiro atoms. The number of hydrogen-bond acceptors (Lipinski definition) is 3. The van der Waals surface area contributed by atoms with Crippen LogP contribution in [0.15, 0.2) is 46.9 Å². The average Bonchev–Trinajstić information content (AvgIpc) is 2.45. The lowest BCUT2D eigenvalue weighted by Crippen LogP contribution is -2.17. The van der Waals surface area contributed by atoms with E-state index in [1.807, 2.05) is 12.1 Å². The molecule has 0 aliphatic rings. The standard InChI is InChI=1S/C15H13BrF3NO2/c1-21-13-7-4-10(16)8-12(13)14(20)9-2-5-11(6-3-9)22-15(17,18)19/h2-8,14H,20H2,1H3/t14-/m0/s1. The molecule has 0 heterocycles. The van der Waals surface area contributed by atoms with Crippen LogP contribution in [0.5, 0.6) is 11.5 Å². The predicted molar refractivity (Wildman–Crippen MR) is 79.8 cm³/mol. The Labute approximate surface area is 134 Å². The molecule has 0 fully saturated rings. The number of nitrogens with two attached hydrogens (primary N) is 1. The van der Waals surface area contributed by atoms with E-state index in [4.69, 9.17) is 10.5 Å². The summed E-state index contributed by atoms with van der Waals surface area (Å²) in [6, 6.07) is 10.3. The molecule has 1 atom stereocenters. The van der Waals surface area contributed by atoms with Gasteiger partial charge in [0.05, 0.1) is 13.2 Å².